The lowest BCUT2D eigenvalue weighted by Crippen LogP contribution is -2.35. The number of carbonyl (C=O) groups is 2. The lowest BCUT2D eigenvalue weighted by atomic mass is 10.2. The van der Waals surface area contributed by atoms with E-state index < -0.39 is 29.0 Å². The van der Waals surface area contributed by atoms with Crippen LogP contribution < -0.4 is 15.4 Å². The first-order valence-corrected chi connectivity index (χ1v) is 8.48. The molecule has 3 rings (SSSR count). The molecule has 1 aromatic heterocycles. The number of hydrogen-bond acceptors (Lipinski definition) is 6. The highest BCUT2D eigenvalue weighted by atomic mass is 19.1. The predicted octanol–water partition coefficient (Wildman–Crippen LogP) is 2.18. The molecular formula is C19H16F2N4O4. The summed E-state index contributed by atoms with van der Waals surface area (Å²) in [6.45, 7) is -0.0707. The van der Waals surface area contributed by atoms with Gasteiger partial charge in [0.1, 0.15) is 22.9 Å². The van der Waals surface area contributed by atoms with Crippen LogP contribution in [0, 0.1) is 11.6 Å². The van der Waals surface area contributed by atoms with Gasteiger partial charge in [-0.1, -0.05) is 11.2 Å². The van der Waals surface area contributed by atoms with Crippen molar-refractivity contribution in [1.82, 2.24) is 20.8 Å². The van der Waals surface area contributed by atoms with Crippen LogP contribution >= 0.6 is 0 Å². The predicted molar refractivity (Wildman–Crippen MR) is 97.3 cm³/mol. The molecule has 29 heavy (non-hydrogen) atoms. The van der Waals surface area contributed by atoms with E-state index in [0.717, 1.165) is 18.2 Å². The van der Waals surface area contributed by atoms with Crippen molar-refractivity contribution < 1.29 is 27.6 Å². The minimum Gasteiger partial charge on any atom is -0.497 e. The molecule has 2 amide bonds. The third kappa shape index (κ3) is 4.72. The summed E-state index contributed by atoms with van der Waals surface area (Å²) in [5, 5.41) is 8.52. The third-order valence-corrected chi connectivity index (χ3v) is 3.85. The van der Waals surface area contributed by atoms with Gasteiger partial charge in [-0.05, 0) is 36.4 Å². The van der Waals surface area contributed by atoms with E-state index in [1.165, 1.54) is 0 Å². The molecule has 1 heterocycles. The van der Waals surface area contributed by atoms with E-state index in [0.29, 0.717) is 11.3 Å². The molecule has 0 atom stereocenters. The summed E-state index contributed by atoms with van der Waals surface area (Å²) in [6.07, 6.45) is 0. The summed E-state index contributed by atoms with van der Waals surface area (Å²) in [4.78, 5) is 27.9. The van der Waals surface area contributed by atoms with Crippen LogP contribution in [0.1, 0.15) is 21.0 Å². The second-order valence-electron chi connectivity index (χ2n) is 5.76. The van der Waals surface area contributed by atoms with Crippen molar-refractivity contribution in [2.45, 2.75) is 0 Å². The maximum absolute atomic E-state index is 13.5. The number of methoxy groups -OCH3 is 1. The summed E-state index contributed by atoms with van der Waals surface area (Å²) in [5.74, 6) is -2.89. The molecule has 0 fully saturated rings. The summed E-state index contributed by atoms with van der Waals surface area (Å²) >= 11 is 0. The van der Waals surface area contributed by atoms with Gasteiger partial charge < -0.3 is 19.9 Å². The number of ether oxygens (including phenoxy) is 1. The molecule has 0 aliphatic heterocycles. The van der Waals surface area contributed by atoms with Crippen LogP contribution in [0.2, 0.25) is 0 Å². The Morgan fingerprint density at radius 1 is 1.00 bits per heavy atom. The Morgan fingerprint density at radius 2 is 1.62 bits per heavy atom. The molecule has 10 heteroatoms. The van der Waals surface area contributed by atoms with Crippen molar-refractivity contribution in [3.8, 4) is 17.1 Å². The van der Waals surface area contributed by atoms with Crippen molar-refractivity contribution in [2.75, 3.05) is 20.2 Å². The first kappa shape index (κ1) is 19.9. The maximum Gasteiger partial charge on any atom is 0.316 e. The highest BCUT2D eigenvalue weighted by Gasteiger charge is 2.18. The van der Waals surface area contributed by atoms with Crippen molar-refractivity contribution in [3.63, 3.8) is 0 Å². The Bertz CT molecular complexity index is 1000. The Hall–Kier alpha value is -3.82. The van der Waals surface area contributed by atoms with Crippen molar-refractivity contribution in [2.24, 2.45) is 0 Å². The zero-order valence-electron chi connectivity index (χ0n) is 15.2. The van der Waals surface area contributed by atoms with E-state index in [1.54, 1.807) is 31.4 Å². The summed E-state index contributed by atoms with van der Waals surface area (Å²) < 4.78 is 37.1. The fourth-order valence-corrected chi connectivity index (χ4v) is 2.40. The Labute approximate surface area is 163 Å². The number of nitrogens with one attached hydrogen (secondary N) is 2. The number of amides is 2. The molecule has 2 N–H and O–H groups in total. The normalized spacial score (nSPS) is 10.4. The Morgan fingerprint density at radius 3 is 2.24 bits per heavy atom. The van der Waals surface area contributed by atoms with E-state index in [1.807, 2.05) is 0 Å². The smallest absolute Gasteiger partial charge is 0.316 e. The average Bonchev–Trinajstić information content (AvgIpc) is 3.21. The molecule has 150 valence electrons. The van der Waals surface area contributed by atoms with Crippen molar-refractivity contribution >= 4 is 11.8 Å². The van der Waals surface area contributed by atoms with Crippen LogP contribution in [-0.4, -0.2) is 42.2 Å². The van der Waals surface area contributed by atoms with Gasteiger partial charge >= 0.3 is 11.8 Å². The molecule has 0 spiro atoms. The third-order valence-electron chi connectivity index (χ3n) is 3.85. The number of benzene rings is 2. The van der Waals surface area contributed by atoms with Crippen molar-refractivity contribution in [1.29, 1.82) is 0 Å². The molecule has 0 saturated carbocycles. The highest BCUT2D eigenvalue weighted by molar-refractivity contribution is 5.94. The number of halogens is 2. The van der Waals surface area contributed by atoms with Crippen LogP contribution in [0.15, 0.2) is 47.0 Å². The number of aromatic nitrogens is 2. The summed E-state index contributed by atoms with van der Waals surface area (Å²) in [7, 11) is 1.54. The molecule has 0 aliphatic rings. The molecule has 0 aliphatic carbocycles. The van der Waals surface area contributed by atoms with E-state index in [-0.39, 0.29) is 24.8 Å². The highest BCUT2D eigenvalue weighted by Crippen LogP contribution is 2.19. The van der Waals surface area contributed by atoms with Gasteiger partial charge in [0, 0.05) is 18.7 Å². The number of rotatable bonds is 7. The van der Waals surface area contributed by atoms with Gasteiger partial charge in [-0.15, -0.1) is 0 Å². The number of hydrogen-bond donors (Lipinski definition) is 2. The van der Waals surface area contributed by atoms with Crippen molar-refractivity contribution in [3.05, 3.63) is 65.6 Å². The van der Waals surface area contributed by atoms with Crippen LogP contribution in [0.4, 0.5) is 8.78 Å². The number of carbonyl (C=O) groups excluding carboxylic acids is 2. The van der Waals surface area contributed by atoms with E-state index in [2.05, 4.69) is 20.8 Å². The minimum absolute atomic E-state index is 0.0130. The van der Waals surface area contributed by atoms with E-state index >= 15 is 0 Å². The number of nitrogens with zero attached hydrogens (tertiary/aromatic N) is 2. The fourth-order valence-electron chi connectivity index (χ4n) is 2.40. The second kappa shape index (κ2) is 8.91. The fraction of sp³-hybridized carbons (Fsp3) is 0.158. The Balaban J connectivity index is 1.51. The topological polar surface area (TPSA) is 106 Å². The molecule has 0 unspecified atom stereocenters. The maximum atomic E-state index is 13.5. The van der Waals surface area contributed by atoms with E-state index in [4.69, 9.17) is 9.26 Å². The average molecular weight is 402 g/mol. The lowest BCUT2D eigenvalue weighted by Gasteiger charge is -2.07. The van der Waals surface area contributed by atoms with Gasteiger partial charge in [-0.3, -0.25) is 9.59 Å². The SMILES string of the molecule is COc1ccc(-c2noc(C(=O)NCCNC(=O)c3c(F)cccc3F)n2)cc1. The lowest BCUT2D eigenvalue weighted by molar-refractivity contribution is 0.0896. The van der Waals surface area contributed by atoms with Crippen LogP contribution in [0.3, 0.4) is 0 Å². The van der Waals surface area contributed by atoms with Crippen LogP contribution in [0.5, 0.6) is 5.75 Å². The first-order chi connectivity index (χ1) is 14.0. The van der Waals surface area contributed by atoms with Gasteiger partial charge in [0.25, 0.3) is 5.91 Å². The molecule has 0 saturated heterocycles. The zero-order valence-corrected chi connectivity index (χ0v) is 15.2. The van der Waals surface area contributed by atoms with Gasteiger partial charge in [0.2, 0.25) is 5.82 Å². The summed E-state index contributed by atoms with van der Waals surface area (Å²) in [5.41, 5.74) is -0.0485. The second-order valence-corrected chi connectivity index (χ2v) is 5.76. The van der Waals surface area contributed by atoms with Crippen LogP contribution in [-0.2, 0) is 0 Å². The minimum atomic E-state index is -0.969. The molecule has 8 nitrogen and oxygen atoms in total. The largest absolute Gasteiger partial charge is 0.497 e. The first-order valence-electron chi connectivity index (χ1n) is 8.48. The molecule has 0 bridgehead atoms. The van der Waals surface area contributed by atoms with Gasteiger partial charge in [-0.2, -0.15) is 4.98 Å². The van der Waals surface area contributed by atoms with Gasteiger partial charge in [0.15, 0.2) is 0 Å². The van der Waals surface area contributed by atoms with Crippen LogP contribution in [0.25, 0.3) is 11.4 Å². The van der Waals surface area contributed by atoms with Gasteiger partial charge in [-0.25, -0.2) is 8.78 Å². The van der Waals surface area contributed by atoms with E-state index in [9.17, 15) is 18.4 Å². The Kier molecular flexibility index (Phi) is 6.12. The summed E-state index contributed by atoms with van der Waals surface area (Å²) in [6, 6.07) is 9.97. The quantitative estimate of drug-likeness (QED) is 0.587. The molecule has 3 aromatic rings. The zero-order chi connectivity index (χ0) is 20.8. The monoisotopic (exact) mass is 402 g/mol. The molecule has 0 radical (unpaired) electrons. The molecule has 2 aromatic carbocycles. The molecular weight excluding hydrogens is 386 g/mol. The van der Waals surface area contributed by atoms with Gasteiger partial charge in [0.05, 0.1) is 7.11 Å². The standard InChI is InChI=1S/C19H16F2N4O4/c1-28-12-7-5-11(6-8-12)16-24-19(29-25-16)18(27)23-10-9-22-17(26)15-13(20)3-2-4-14(15)21/h2-8H,9-10H2,1H3,(H,22,26)(H,23,27).